The van der Waals surface area contributed by atoms with Crippen molar-refractivity contribution in [1.82, 2.24) is 24.8 Å². The van der Waals surface area contributed by atoms with E-state index in [1.165, 1.54) is 12.5 Å². The number of pyridine rings is 1. The number of sulfone groups is 1. The van der Waals surface area contributed by atoms with Gasteiger partial charge in [-0.15, -0.1) is 0 Å². The van der Waals surface area contributed by atoms with Crippen LogP contribution in [-0.4, -0.2) is 81.7 Å². The topological polar surface area (TPSA) is 116 Å². The normalized spacial score (nSPS) is 23.9. The van der Waals surface area contributed by atoms with Crippen LogP contribution in [0.4, 0.5) is 0 Å². The van der Waals surface area contributed by atoms with E-state index in [2.05, 4.69) is 15.0 Å². The van der Waals surface area contributed by atoms with Crippen LogP contribution < -0.4 is 0 Å². The number of piperazine rings is 1. The lowest BCUT2D eigenvalue weighted by atomic mass is 10.0. The molecule has 2 fully saturated rings. The second-order valence-corrected chi connectivity index (χ2v) is 8.95. The maximum absolute atomic E-state index is 12.9. The van der Waals surface area contributed by atoms with Crippen LogP contribution in [0.5, 0.6) is 0 Å². The van der Waals surface area contributed by atoms with Gasteiger partial charge in [-0.1, -0.05) is 6.07 Å². The minimum Gasteiger partial charge on any atom is -0.348 e. The van der Waals surface area contributed by atoms with Crippen molar-refractivity contribution in [2.45, 2.75) is 19.0 Å². The third-order valence-electron chi connectivity index (χ3n) is 5.11. The molecule has 2 aliphatic rings. The molecule has 2 aromatic heterocycles. The highest BCUT2D eigenvalue weighted by molar-refractivity contribution is 7.91. The molecular formula is C17H19N5O4S. The molecule has 0 spiro atoms. The van der Waals surface area contributed by atoms with Crippen molar-refractivity contribution < 1.29 is 18.0 Å². The van der Waals surface area contributed by atoms with Gasteiger partial charge in [0.1, 0.15) is 11.4 Å². The van der Waals surface area contributed by atoms with E-state index in [0.29, 0.717) is 5.69 Å². The molecular weight excluding hydrogens is 370 g/mol. The minimum absolute atomic E-state index is 0.153. The number of imidazole rings is 1. The molecule has 0 aliphatic carbocycles. The zero-order valence-electron chi connectivity index (χ0n) is 14.7. The third kappa shape index (κ3) is 3.09. The lowest BCUT2D eigenvalue weighted by molar-refractivity contribution is 0.0275. The van der Waals surface area contributed by atoms with Gasteiger partial charge in [-0.2, -0.15) is 0 Å². The summed E-state index contributed by atoms with van der Waals surface area (Å²) in [5.74, 6) is -0.935. The van der Waals surface area contributed by atoms with E-state index in [1.54, 1.807) is 34.9 Å². The summed E-state index contributed by atoms with van der Waals surface area (Å²) in [7, 11) is -3.36. The van der Waals surface area contributed by atoms with Crippen LogP contribution in [0.25, 0.3) is 0 Å². The number of nitrogens with one attached hydrogen (secondary N) is 1. The van der Waals surface area contributed by atoms with E-state index in [4.69, 9.17) is 0 Å². The van der Waals surface area contributed by atoms with Crippen LogP contribution >= 0.6 is 0 Å². The maximum Gasteiger partial charge on any atom is 0.274 e. The van der Waals surface area contributed by atoms with Crippen LogP contribution in [0.15, 0.2) is 30.7 Å². The predicted molar refractivity (Wildman–Crippen MR) is 95.9 cm³/mol. The second-order valence-electron chi connectivity index (χ2n) is 6.80. The fraction of sp³-hybridized carbons (Fsp3) is 0.412. The molecule has 0 aromatic carbocycles. The van der Waals surface area contributed by atoms with Crippen molar-refractivity contribution in [3.8, 4) is 0 Å². The molecule has 4 heterocycles. The molecule has 2 saturated heterocycles. The molecule has 0 unspecified atom stereocenters. The van der Waals surface area contributed by atoms with Gasteiger partial charge in [-0.25, -0.2) is 13.4 Å². The number of H-pyrrole nitrogens is 1. The van der Waals surface area contributed by atoms with E-state index in [9.17, 15) is 18.0 Å². The number of amides is 2. The Labute approximate surface area is 156 Å². The minimum atomic E-state index is -3.36. The highest BCUT2D eigenvalue weighted by Crippen LogP contribution is 2.29. The van der Waals surface area contributed by atoms with Crippen molar-refractivity contribution in [2.75, 3.05) is 24.6 Å². The molecule has 9 nitrogen and oxygen atoms in total. The predicted octanol–water partition coefficient (Wildman–Crippen LogP) is -0.123. The maximum atomic E-state index is 12.9. The van der Waals surface area contributed by atoms with E-state index in [1.807, 2.05) is 0 Å². The Bertz CT molecular complexity index is 988. The molecule has 27 heavy (non-hydrogen) atoms. The summed E-state index contributed by atoms with van der Waals surface area (Å²) in [6.45, 7) is 2.24. The van der Waals surface area contributed by atoms with Gasteiger partial charge in [0.25, 0.3) is 11.8 Å². The number of aromatic amines is 1. The zero-order chi connectivity index (χ0) is 19.2. The lowest BCUT2D eigenvalue weighted by Gasteiger charge is -2.43. The van der Waals surface area contributed by atoms with Gasteiger partial charge in [0.15, 0.2) is 9.84 Å². The van der Waals surface area contributed by atoms with Gasteiger partial charge in [0, 0.05) is 25.0 Å². The molecule has 2 aromatic rings. The summed E-state index contributed by atoms with van der Waals surface area (Å²) in [4.78, 5) is 39.9. The second kappa shape index (κ2) is 6.45. The average molecular weight is 389 g/mol. The molecule has 2 aliphatic heterocycles. The number of rotatable bonds is 2. The Kier molecular flexibility index (Phi) is 4.22. The lowest BCUT2D eigenvalue weighted by Crippen LogP contribution is -2.62. The quantitative estimate of drug-likeness (QED) is 0.765. The number of aryl methyl sites for hydroxylation is 1. The number of hydrogen-bond acceptors (Lipinski definition) is 6. The number of carbonyl (C=O) groups excluding carboxylic acids is 2. The SMILES string of the molecule is Cc1[nH]cnc1C(=O)N1CCN(C(=O)c2ccccn2)[C@@H]2CS(=O)(=O)C[C@@H]21. The zero-order valence-corrected chi connectivity index (χ0v) is 15.5. The molecule has 10 heteroatoms. The number of hydrogen-bond donors (Lipinski definition) is 1. The Hall–Kier alpha value is -2.75. The largest absolute Gasteiger partial charge is 0.348 e. The van der Waals surface area contributed by atoms with Crippen molar-refractivity contribution in [2.24, 2.45) is 0 Å². The number of carbonyl (C=O) groups is 2. The Morgan fingerprint density at radius 1 is 1.07 bits per heavy atom. The summed E-state index contributed by atoms with van der Waals surface area (Å²) in [6, 6.07) is 3.86. The average Bonchev–Trinajstić information content (AvgIpc) is 3.22. The van der Waals surface area contributed by atoms with Gasteiger partial charge in [0.2, 0.25) is 0 Å². The molecule has 2 amide bonds. The molecule has 0 bridgehead atoms. The molecule has 0 saturated carbocycles. The monoisotopic (exact) mass is 389 g/mol. The van der Waals surface area contributed by atoms with Crippen LogP contribution in [-0.2, 0) is 9.84 Å². The fourth-order valence-electron chi connectivity index (χ4n) is 3.80. The first-order valence-corrected chi connectivity index (χ1v) is 10.4. The van der Waals surface area contributed by atoms with Gasteiger partial charge in [0.05, 0.1) is 29.9 Å². The first-order valence-electron chi connectivity index (χ1n) is 8.61. The number of aromatic nitrogens is 3. The van der Waals surface area contributed by atoms with Crippen molar-refractivity contribution in [3.05, 3.63) is 47.8 Å². The van der Waals surface area contributed by atoms with Crippen LogP contribution in [0.3, 0.4) is 0 Å². The van der Waals surface area contributed by atoms with Gasteiger partial charge in [-0.3, -0.25) is 14.6 Å². The first kappa shape index (κ1) is 17.7. The molecule has 1 N–H and O–H groups in total. The van der Waals surface area contributed by atoms with Crippen molar-refractivity contribution in [3.63, 3.8) is 0 Å². The smallest absolute Gasteiger partial charge is 0.274 e. The number of fused-ring (bicyclic) bond motifs is 1. The van der Waals surface area contributed by atoms with E-state index in [-0.39, 0.29) is 47.8 Å². The summed E-state index contributed by atoms with van der Waals surface area (Å²) >= 11 is 0. The standard InChI is InChI=1S/C17H19N5O4S/c1-11-15(20-10-19-11)17(24)22-7-6-21(13-8-27(25,26)9-14(13)22)16(23)12-4-2-3-5-18-12/h2-5,10,13-14H,6-9H2,1H3,(H,19,20)/t13-,14+/m1/s1. The Balaban J connectivity index is 1.65. The highest BCUT2D eigenvalue weighted by Gasteiger charge is 2.50. The van der Waals surface area contributed by atoms with Crippen molar-refractivity contribution >= 4 is 21.7 Å². The van der Waals surface area contributed by atoms with E-state index >= 15 is 0 Å². The van der Waals surface area contributed by atoms with E-state index in [0.717, 1.165) is 0 Å². The Morgan fingerprint density at radius 3 is 2.30 bits per heavy atom. The van der Waals surface area contributed by atoms with Gasteiger partial charge in [-0.05, 0) is 19.1 Å². The molecule has 142 valence electrons. The highest BCUT2D eigenvalue weighted by atomic mass is 32.2. The fourth-order valence-corrected chi connectivity index (χ4v) is 5.79. The number of nitrogens with zero attached hydrogens (tertiary/aromatic N) is 4. The van der Waals surface area contributed by atoms with Gasteiger partial charge < -0.3 is 14.8 Å². The van der Waals surface area contributed by atoms with Crippen molar-refractivity contribution in [1.29, 1.82) is 0 Å². The summed E-state index contributed by atoms with van der Waals surface area (Å²) < 4.78 is 24.6. The first-order chi connectivity index (χ1) is 12.9. The summed E-state index contributed by atoms with van der Waals surface area (Å²) in [5, 5.41) is 0. The third-order valence-corrected chi connectivity index (χ3v) is 6.81. The van der Waals surface area contributed by atoms with E-state index < -0.39 is 21.9 Å². The van der Waals surface area contributed by atoms with Crippen LogP contribution in [0.2, 0.25) is 0 Å². The van der Waals surface area contributed by atoms with Crippen LogP contribution in [0.1, 0.15) is 26.7 Å². The summed E-state index contributed by atoms with van der Waals surface area (Å²) in [6.07, 6.45) is 2.96. The van der Waals surface area contributed by atoms with Gasteiger partial charge >= 0.3 is 0 Å². The molecule has 0 radical (unpaired) electrons. The molecule has 2 atom stereocenters. The Morgan fingerprint density at radius 2 is 1.74 bits per heavy atom. The van der Waals surface area contributed by atoms with Crippen LogP contribution in [0, 0.1) is 6.92 Å². The molecule has 4 rings (SSSR count). The summed E-state index contributed by atoms with van der Waals surface area (Å²) in [5.41, 5.74) is 1.18.